The van der Waals surface area contributed by atoms with Crippen LogP contribution in [0.1, 0.15) is 16.1 Å². The second-order valence-corrected chi connectivity index (χ2v) is 5.93. The number of hydrazine groups is 1. The van der Waals surface area contributed by atoms with Gasteiger partial charge in [0.25, 0.3) is 0 Å². The number of rotatable bonds is 3. The van der Waals surface area contributed by atoms with Crippen LogP contribution >= 0.6 is 15.9 Å². The molecule has 0 aliphatic carbocycles. The van der Waals surface area contributed by atoms with Crippen molar-refractivity contribution in [2.45, 2.75) is 6.42 Å². The quantitative estimate of drug-likeness (QED) is 0.673. The van der Waals surface area contributed by atoms with E-state index < -0.39 is 11.8 Å². The number of amides is 2. The SMILES string of the molecule is O=C(Cc1ccc(F)cc1)NNC(=O)c1cc2cccc(Br)c2o1. The number of hydrogen-bond donors (Lipinski definition) is 2. The van der Waals surface area contributed by atoms with Gasteiger partial charge < -0.3 is 4.42 Å². The molecule has 0 bridgehead atoms. The van der Waals surface area contributed by atoms with Gasteiger partial charge in [-0.3, -0.25) is 20.4 Å². The predicted molar refractivity (Wildman–Crippen MR) is 89.6 cm³/mol. The molecule has 5 nitrogen and oxygen atoms in total. The first-order chi connectivity index (χ1) is 11.5. The average Bonchev–Trinajstić information content (AvgIpc) is 3.00. The Morgan fingerprint density at radius 3 is 2.54 bits per heavy atom. The molecule has 0 atom stereocenters. The van der Waals surface area contributed by atoms with Gasteiger partial charge in [0.2, 0.25) is 5.91 Å². The van der Waals surface area contributed by atoms with Crippen LogP contribution in [0.4, 0.5) is 4.39 Å². The molecule has 2 N–H and O–H groups in total. The number of nitrogens with one attached hydrogen (secondary N) is 2. The Morgan fingerprint density at radius 1 is 1.08 bits per heavy atom. The second kappa shape index (κ2) is 6.84. The van der Waals surface area contributed by atoms with E-state index in [1.807, 2.05) is 12.1 Å². The van der Waals surface area contributed by atoms with Gasteiger partial charge in [-0.15, -0.1) is 0 Å². The number of benzene rings is 2. The molecule has 3 rings (SSSR count). The molecule has 0 unspecified atom stereocenters. The highest BCUT2D eigenvalue weighted by Gasteiger charge is 2.14. The van der Waals surface area contributed by atoms with Crippen LogP contribution in [0.2, 0.25) is 0 Å². The Kier molecular flexibility index (Phi) is 4.61. The summed E-state index contributed by atoms with van der Waals surface area (Å²) in [5.41, 5.74) is 5.78. The molecule has 1 aromatic heterocycles. The van der Waals surface area contributed by atoms with E-state index in [4.69, 9.17) is 4.42 Å². The number of halogens is 2. The van der Waals surface area contributed by atoms with Crippen molar-refractivity contribution in [2.24, 2.45) is 0 Å². The lowest BCUT2D eigenvalue weighted by Crippen LogP contribution is -2.42. The van der Waals surface area contributed by atoms with Crippen molar-refractivity contribution in [2.75, 3.05) is 0 Å². The molecule has 0 aliphatic heterocycles. The van der Waals surface area contributed by atoms with E-state index in [2.05, 4.69) is 26.8 Å². The number of fused-ring (bicyclic) bond motifs is 1. The smallest absolute Gasteiger partial charge is 0.305 e. The molecule has 0 fully saturated rings. The zero-order valence-electron chi connectivity index (χ0n) is 12.3. The molecule has 122 valence electrons. The van der Waals surface area contributed by atoms with Crippen LogP contribution < -0.4 is 10.9 Å². The van der Waals surface area contributed by atoms with Gasteiger partial charge in [0, 0.05) is 5.39 Å². The van der Waals surface area contributed by atoms with Crippen molar-refractivity contribution in [3.05, 3.63) is 70.1 Å². The molecule has 1 heterocycles. The van der Waals surface area contributed by atoms with Gasteiger partial charge in [-0.1, -0.05) is 24.3 Å². The van der Waals surface area contributed by atoms with Crippen LogP contribution in [0.25, 0.3) is 11.0 Å². The Balaban J connectivity index is 1.60. The highest BCUT2D eigenvalue weighted by Crippen LogP contribution is 2.26. The average molecular weight is 391 g/mol. The monoisotopic (exact) mass is 390 g/mol. The fourth-order valence-electron chi connectivity index (χ4n) is 2.16. The number of carbonyl (C=O) groups is 2. The standard InChI is InChI=1S/C17H12BrFN2O3/c18-13-3-1-2-11-9-14(24-16(11)13)17(23)21-20-15(22)8-10-4-6-12(19)7-5-10/h1-7,9H,8H2,(H,20,22)(H,21,23). The summed E-state index contributed by atoms with van der Waals surface area (Å²) in [6.45, 7) is 0. The lowest BCUT2D eigenvalue weighted by Gasteiger charge is -2.06. The lowest BCUT2D eigenvalue weighted by atomic mass is 10.1. The third-order valence-electron chi connectivity index (χ3n) is 3.31. The number of hydrogen-bond acceptors (Lipinski definition) is 3. The molecule has 2 aromatic carbocycles. The molecule has 0 radical (unpaired) electrons. The van der Waals surface area contributed by atoms with E-state index in [0.29, 0.717) is 11.1 Å². The molecule has 0 spiro atoms. The first-order valence-electron chi connectivity index (χ1n) is 7.04. The highest BCUT2D eigenvalue weighted by atomic mass is 79.9. The zero-order valence-corrected chi connectivity index (χ0v) is 13.9. The fourth-order valence-corrected chi connectivity index (χ4v) is 2.62. The third-order valence-corrected chi connectivity index (χ3v) is 3.94. The van der Waals surface area contributed by atoms with Crippen molar-refractivity contribution >= 4 is 38.7 Å². The minimum Gasteiger partial charge on any atom is -0.450 e. The highest BCUT2D eigenvalue weighted by molar-refractivity contribution is 9.10. The first kappa shape index (κ1) is 16.2. The molecule has 24 heavy (non-hydrogen) atoms. The van der Waals surface area contributed by atoms with E-state index >= 15 is 0 Å². The van der Waals surface area contributed by atoms with Gasteiger partial charge in [-0.25, -0.2) is 4.39 Å². The molecule has 7 heteroatoms. The summed E-state index contributed by atoms with van der Waals surface area (Å²) < 4.78 is 19.0. The normalized spacial score (nSPS) is 10.6. The van der Waals surface area contributed by atoms with E-state index in [0.717, 1.165) is 9.86 Å². The third kappa shape index (κ3) is 3.62. The largest absolute Gasteiger partial charge is 0.450 e. The molecular weight excluding hydrogens is 379 g/mol. The maximum atomic E-state index is 12.8. The van der Waals surface area contributed by atoms with Gasteiger partial charge >= 0.3 is 5.91 Å². The Morgan fingerprint density at radius 2 is 1.83 bits per heavy atom. The summed E-state index contributed by atoms with van der Waals surface area (Å²) in [5.74, 6) is -1.28. The zero-order chi connectivity index (χ0) is 17.1. The summed E-state index contributed by atoms with van der Waals surface area (Å²) in [6.07, 6.45) is 0.0201. The Hall–Kier alpha value is -2.67. The van der Waals surface area contributed by atoms with Crippen LogP contribution in [-0.2, 0) is 11.2 Å². The van der Waals surface area contributed by atoms with Gasteiger partial charge in [-0.05, 0) is 45.8 Å². The molecular formula is C17H12BrFN2O3. The van der Waals surface area contributed by atoms with Crippen LogP contribution in [0.3, 0.4) is 0 Å². The minimum atomic E-state index is -0.564. The van der Waals surface area contributed by atoms with Gasteiger partial charge in [-0.2, -0.15) is 0 Å². The molecule has 2 amide bonds. The van der Waals surface area contributed by atoms with Gasteiger partial charge in [0.15, 0.2) is 5.76 Å². The van der Waals surface area contributed by atoms with Crippen molar-refractivity contribution in [3.63, 3.8) is 0 Å². The van der Waals surface area contributed by atoms with Crippen LogP contribution in [0, 0.1) is 5.82 Å². The van der Waals surface area contributed by atoms with E-state index in [9.17, 15) is 14.0 Å². The Bertz CT molecular complexity index is 906. The summed E-state index contributed by atoms with van der Waals surface area (Å²) in [5, 5.41) is 0.771. The van der Waals surface area contributed by atoms with Crippen molar-refractivity contribution < 1.29 is 18.4 Å². The van der Waals surface area contributed by atoms with E-state index in [1.165, 1.54) is 24.3 Å². The van der Waals surface area contributed by atoms with Crippen molar-refractivity contribution in [1.82, 2.24) is 10.9 Å². The van der Waals surface area contributed by atoms with Gasteiger partial charge in [0.1, 0.15) is 11.4 Å². The maximum absolute atomic E-state index is 12.8. The topological polar surface area (TPSA) is 71.3 Å². The molecule has 3 aromatic rings. The fraction of sp³-hybridized carbons (Fsp3) is 0.0588. The predicted octanol–water partition coefficient (Wildman–Crippen LogP) is 3.34. The molecule has 0 saturated heterocycles. The molecule has 0 aliphatic rings. The maximum Gasteiger partial charge on any atom is 0.305 e. The number of furan rings is 1. The van der Waals surface area contributed by atoms with Crippen molar-refractivity contribution in [1.29, 1.82) is 0 Å². The molecule has 0 saturated carbocycles. The van der Waals surface area contributed by atoms with Gasteiger partial charge in [0.05, 0.1) is 10.9 Å². The lowest BCUT2D eigenvalue weighted by molar-refractivity contribution is -0.121. The van der Waals surface area contributed by atoms with Crippen molar-refractivity contribution in [3.8, 4) is 0 Å². The summed E-state index contributed by atoms with van der Waals surface area (Å²) in [7, 11) is 0. The van der Waals surface area contributed by atoms with Crippen LogP contribution in [0.5, 0.6) is 0 Å². The van der Waals surface area contributed by atoms with Crippen LogP contribution in [-0.4, -0.2) is 11.8 Å². The summed E-state index contributed by atoms with van der Waals surface area (Å²) in [4.78, 5) is 23.8. The number of carbonyl (C=O) groups excluding carboxylic acids is 2. The number of para-hydroxylation sites is 1. The Labute approximate surface area is 144 Å². The summed E-state index contributed by atoms with van der Waals surface area (Å²) in [6, 6.07) is 12.6. The van der Waals surface area contributed by atoms with E-state index in [-0.39, 0.29) is 18.0 Å². The summed E-state index contributed by atoms with van der Waals surface area (Å²) >= 11 is 3.34. The first-order valence-corrected chi connectivity index (χ1v) is 7.84. The van der Waals surface area contributed by atoms with E-state index in [1.54, 1.807) is 12.1 Å². The second-order valence-electron chi connectivity index (χ2n) is 5.07. The minimum absolute atomic E-state index is 0.0201. The van der Waals surface area contributed by atoms with Crippen LogP contribution in [0.15, 0.2) is 57.4 Å².